The molecule has 0 N–H and O–H groups in total. The minimum absolute atomic E-state index is 0. The summed E-state index contributed by atoms with van der Waals surface area (Å²) in [4.78, 5) is 0. The number of benzene rings is 1. The van der Waals surface area contributed by atoms with Crippen LogP contribution in [-0.2, 0) is 23.2 Å². The Morgan fingerprint density at radius 2 is 1.46 bits per heavy atom. The zero-order valence-corrected chi connectivity index (χ0v) is 22.1. The van der Waals surface area contributed by atoms with Crippen molar-refractivity contribution in [3.63, 3.8) is 0 Å². The minimum Gasteiger partial charge on any atom is -0.147 e. The average Bonchev–Trinajstić information content (AvgIpc) is 2.75. The summed E-state index contributed by atoms with van der Waals surface area (Å²) in [6.45, 7) is 20.2. The molecule has 1 aliphatic rings. The van der Waals surface area contributed by atoms with Crippen LogP contribution in [0.15, 0.2) is 38.8 Å². The molecule has 0 amide bonds. The van der Waals surface area contributed by atoms with Gasteiger partial charge in [0.05, 0.1) is 0 Å². The molecule has 0 fully saturated rings. The third kappa shape index (κ3) is 5.75. The third-order valence-electron chi connectivity index (χ3n) is 5.54. The van der Waals surface area contributed by atoms with Gasteiger partial charge in [-0.15, -0.1) is 24.8 Å². The Balaban J connectivity index is 0.00000364. The summed E-state index contributed by atoms with van der Waals surface area (Å²) < 4.78 is 15.3. The van der Waals surface area contributed by atoms with Gasteiger partial charge in [-0.1, -0.05) is 0 Å². The van der Waals surface area contributed by atoms with Crippen LogP contribution >= 0.6 is 24.8 Å². The first-order valence-corrected chi connectivity index (χ1v) is 11.6. The van der Waals surface area contributed by atoms with E-state index in [9.17, 15) is 0 Å². The van der Waals surface area contributed by atoms with Crippen LogP contribution in [0.2, 0.25) is 0 Å². The van der Waals surface area contributed by atoms with Crippen LogP contribution in [0.3, 0.4) is 0 Å². The van der Waals surface area contributed by atoms with Gasteiger partial charge in [-0.25, -0.2) is 0 Å². The van der Waals surface area contributed by atoms with Crippen molar-refractivity contribution >= 4 is 28.6 Å². The van der Waals surface area contributed by atoms with Crippen molar-refractivity contribution < 1.29 is 25.9 Å². The summed E-state index contributed by atoms with van der Waals surface area (Å²) in [5.74, 6) is 2.31. The van der Waals surface area contributed by atoms with E-state index in [4.69, 9.17) is 8.06 Å². The molecule has 1 aromatic carbocycles. The Kier molecular flexibility index (Phi) is 10.3. The van der Waals surface area contributed by atoms with Gasteiger partial charge in [0.2, 0.25) is 0 Å². The molecule has 1 aromatic rings. The fourth-order valence-electron chi connectivity index (χ4n) is 3.46. The van der Waals surface area contributed by atoms with Gasteiger partial charge in [-0.05, 0) is 0 Å². The predicted molar refractivity (Wildman–Crippen MR) is 123 cm³/mol. The third-order valence-corrected chi connectivity index (χ3v) is 9.67. The number of rotatable bonds is 4. The van der Waals surface area contributed by atoms with E-state index in [1.165, 1.54) is 26.1 Å². The van der Waals surface area contributed by atoms with E-state index >= 15 is 0 Å². The second kappa shape index (κ2) is 10.5. The van der Waals surface area contributed by atoms with E-state index in [0.29, 0.717) is 5.92 Å². The summed E-state index contributed by atoms with van der Waals surface area (Å²) in [7, 11) is 1.72. The number of halogens is 2. The van der Waals surface area contributed by atoms with Gasteiger partial charge in [0, 0.05) is 0 Å². The molecule has 0 aromatic heterocycles. The summed E-state index contributed by atoms with van der Waals surface area (Å²) >= 11 is -2.02. The SMILES string of the molecule is COc1cc([O][Ti]([C]2=C(C)C(C)=C(C)C2C)=[C](C)C)cc(C(C)(C)C)c1.Cl.Cl. The van der Waals surface area contributed by atoms with Crippen LogP contribution in [0.1, 0.15) is 67.9 Å². The Bertz CT molecular complexity index is 810. The molecular weight excluding hydrogens is 427 g/mol. The molecule has 1 unspecified atom stereocenters. The molecule has 0 saturated carbocycles. The maximum atomic E-state index is 6.74. The Hall–Kier alpha value is -0.536. The van der Waals surface area contributed by atoms with Gasteiger partial charge in [-0.2, -0.15) is 0 Å². The van der Waals surface area contributed by atoms with Crippen LogP contribution in [0, 0.1) is 5.92 Å². The first kappa shape index (κ1) is 27.5. The molecule has 0 radical (unpaired) electrons. The molecule has 2 rings (SSSR count). The van der Waals surface area contributed by atoms with Gasteiger partial charge in [0.15, 0.2) is 0 Å². The fraction of sp³-hybridized carbons (Fsp3) is 0.522. The molecule has 5 heteroatoms. The Morgan fingerprint density at radius 3 is 1.86 bits per heavy atom. The molecule has 1 atom stereocenters. The molecule has 28 heavy (non-hydrogen) atoms. The first-order chi connectivity index (χ1) is 12.0. The van der Waals surface area contributed by atoms with Crippen molar-refractivity contribution in [2.45, 2.75) is 67.7 Å². The summed E-state index contributed by atoms with van der Waals surface area (Å²) in [6, 6.07) is 6.35. The van der Waals surface area contributed by atoms with Gasteiger partial charge in [0.1, 0.15) is 0 Å². The number of ether oxygens (including phenoxy) is 1. The van der Waals surface area contributed by atoms with Crippen LogP contribution in [0.25, 0.3) is 0 Å². The van der Waals surface area contributed by atoms with E-state index in [0.717, 1.165) is 11.5 Å². The largest absolute Gasteiger partial charge is 0.147 e. The summed E-state index contributed by atoms with van der Waals surface area (Å²) in [5, 5.41) is 0. The van der Waals surface area contributed by atoms with Crippen molar-refractivity contribution in [3.05, 3.63) is 44.4 Å². The maximum absolute atomic E-state index is 6.74. The molecule has 158 valence electrons. The number of hydrogen-bond acceptors (Lipinski definition) is 2. The Morgan fingerprint density at radius 1 is 0.929 bits per heavy atom. The smallest absolute Gasteiger partial charge is 0.147 e. The van der Waals surface area contributed by atoms with Crippen LogP contribution in [0.4, 0.5) is 0 Å². The van der Waals surface area contributed by atoms with Crippen molar-refractivity contribution in [2.75, 3.05) is 7.11 Å². The zero-order valence-electron chi connectivity index (χ0n) is 18.9. The zero-order chi connectivity index (χ0) is 19.8. The van der Waals surface area contributed by atoms with Gasteiger partial charge in [0.25, 0.3) is 0 Å². The molecule has 0 aliphatic heterocycles. The molecule has 0 heterocycles. The van der Waals surface area contributed by atoms with E-state index in [1.807, 2.05) is 6.07 Å². The molecule has 2 nitrogen and oxygen atoms in total. The molecule has 0 saturated heterocycles. The van der Waals surface area contributed by atoms with Gasteiger partial charge >= 0.3 is 166 Å². The van der Waals surface area contributed by atoms with E-state index in [-0.39, 0.29) is 30.2 Å². The molecular formula is C23H36Cl2O2Ti. The second-order valence-corrected chi connectivity index (χ2v) is 12.4. The molecule has 0 bridgehead atoms. The van der Waals surface area contributed by atoms with E-state index in [1.54, 1.807) is 11.0 Å². The number of allylic oxidation sites excluding steroid dienone is 4. The van der Waals surface area contributed by atoms with Crippen LogP contribution in [0.5, 0.6) is 11.5 Å². The summed E-state index contributed by atoms with van der Waals surface area (Å²) in [6.07, 6.45) is 0. The standard InChI is InChI=1S/C11H16O2.C9H13.C3H6.2ClH.Ti/c1-11(2,3)8-5-9(12)7-10(6-8)13-4;1-6-5-7(2)9(4)8(6)3;1-3-2;;;/h5-7,12H,1-4H3;6H,1-4H3;1-2H3;2*1H;/q;;;;;+1/p-1. The topological polar surface area (TPSA) is 18.5 Å². The van der Waals surface area contributed by atoms with Crippen molar-refractivity contribution in [1.29, 1.82) is 0 Å². The molecule has 1 aliphatic carbocycles. The minimum atomic E-state index is -2.02. The molecule has 0 spiro atoms. The predicted octanol–water partition coefficient (Wildman–Crippen LogP) is 7.22. The Labute approximate surface area is 190 Å². The maximum Gasteiger partial charge on any atom is -0.147 e. The normalized spacial score (nSPS) is 16.4. The van der Waals surface area contributed by atoms with Crippen LogP contribution < -0.4 is 8.06 Å². The van der Waals surface area contributed by atoms with Crippen LogP contribution in [-0.4, -0.2) is 10.9 Å². The van der Waals surface area contributed by atoms with Crippen molar-refractivity contribution in [3.8, 4) is 11.5 Å². The fourth-order valence-corrected chi connectivity index (χ4v) is 7.12. The van der Waals surface area contributed by atoms with E-state index < -0.39 is 17.8 Å². The van der Waals surface area contributed by atoms with Crippen molar-refractivity contribution in [2.24, 2.45) is 5.92 Å². The number of methoxy groups -OCH3 is 1. The quantitative estimate of drug-likeness (QED) is 0.439. The summed E-state index contributed by atoms with van der Waals surface area (Å²) in [5.41, 5.74) is 5.69. The second-order valence-electron chi connectivity index (χ2n) is 8.65. The van der Waals surface area contributed by atoms with Crippen molar-refractivity contribution in [1.82, 2.24) is 0 Å². The average molecular weight is 463 g/mol. The monoisotopic (exact) mass is 462 g/mol. The van der Waals surface area contributed by atoms with Gasteiger partial charge < -0.3 is 0 Å². The first-order valence-electron chi connectivity index (χ1n) is 9.41. The number of hydrogen-bond donors (Lipinski definition) is 0. The van der Waals surface area contributed by atoms with E-state index in [2.05, 4.69) is 74.4 Å². The van der Waals surface area contributed by atoms with Gasteiger partial charge in [-0.3, -0.25) is 0 Å².